The van der Waals surface area contributed by atoms with Gasteiger partial charge in [0.25, 0.3) is 0 Å². The van der Waals surface area contributed by atoms with Crippen LogP contribution < -0.4 is 0 Å². The van der Waals surface area contributed by atoms with Crippen molar-refractivity contribution in [2.75, 3.05) is 0 Å². The molecule has 0 saturated heterocycles. The summed E-state index contributed by atoms with van der Waals surface area (Å²) in [5, 5.41) is 18.0. The van der Waals surface area contributed by atoms with Gasteiger partial charge in [-0.2, -0.15) is 10.5 Å². The number of rotatable bonds is 0. The molecule has 1 aromatic rings. The van der Waals surface area contributed by atoms with Crippen LogP contribution in [0.3, 0.4) is 0 Å². The first kappa shape index (κ1) is 10.6. The largest absolute Gasteiger partial charge is 0.254 e. The molecule has 0 aliphatic heterocycles. The number of aromatic nitrogens is 2. The zero-order valence-electron chi connectivity index (χ0n) is 9.36. The third-order valence-corrected chi connectivity index (χ3v) is 3.11. The highest BCUT2D eigenvalue weighted by molar-refractivity contribution is 5.26. The minimum absolute atomic E-state index is 0.242. The van der Waals surface area contributed by atoms with Gasteiger partial charge in [-0.15, -0.1) is 0 Å². The van der Waals surface area contributed by atoms with Gasteiger partial charge < -0.3 is 0 Å². The van der Waals surface area contributed by atoms with Crippen molar-refractivity contribution in [2.24, 2.45) is 11.8 Å². The van der Waals surface area contributed by atoms with Crippen molar-refractivity contribution in [3.63, 3.8) is 0 Å². The van der Waals surface area contributed by atoms with Crippen molar-refractivity contribution in [2.45, 2.75) is 26.7 Å². The quantitative estimate of drug-likeness (QED) is 0.652. The maximum atomic E-state index is 8.99. The maximum absolute atomic E-state index is 8.99. The molecule has 2 rings (SSSR count). The van der Waals surface area contributed by atoms with Crippen LogP contribution in [0.15, 0.2) is 0 Å². The molecule has 4 nitrogen and oxygen atoms in total. The van der Waals surface area contributed by atoms with E-state index < -0.39 is 0 Å². The highest BCUT2D eigenvalue weighted by Gasteiger charge is 2.30. The van der Waals surface area contributed by atoms with E-state index in [-0.39, 0.29) is 11.8 Å². The van der Waals surface area contributed by atoms with Crippen LogP contribution in [0.2, 0.25) is 0 Å². The number of aryl methyl sites for hydroxylation is 2. The third-order valence-electron chi connectivity index (χ3n) is 3.11. The molecule has 2 atom stereocenters. The second-order valence-corrected chi connectivity index (χ2v) is 4.17. The van der Waals surface area contributed by atoms with Gasteiger partial charge in [-0.05, 0) is 13.8 Å². The van der Waals surface area contributed by atoms with Crippen molar-refractivity contribution in [1.82, 2.24) is 9.97 Å². The van der Waals surface area contributed by atoms with Gasteiger partial charge in [0, 0.05) is 12.8 Å². The average molecular weight is 212 g/mol. The molecule has 4 heteroatoms. The van der Waals surface area contributed by atoms with Crippen LogP contribution in [0.25, 0.3) is 0 Å². The molecule has 0 spiro atoms. The fourth-order valence-corrected chi connectivity index (χ4v) is 2.00. The van der Waals surface area contributed by atoms with Crippen molar-refractivity contribution < 1.29 is 0 Å². The minimum Gasteiger partial charge on any atom is -0.254 e. The summed E-state index contributed by atoms with van der Waals surface area (Å²) in [4.78, 5) is 8.91. The molecule has 0 saturated carbocycles. The zero-order chi connectivity index (χ0) is 11.7. The molecule has 0 bridgehead atoms. The first-order valence-corrected chi connectivity index (χ1v) is 5.28. The third kappa shape index (κ3) is 1.63. The Morgan fingerprint density at radius 3 is 1.62 bits per heavy atom. The highest BCUT2D eigenvalue weighted by atomic mass is 14.8. The molecule has 0 amide bonds. The van der Waals surface area contributed by atoms with Crippen molar-refractivity contribution in [3.8, 4) is 12.1 Å². The second-order valence-electron chi connectivity index (χ2n) is 4.17. The molecule has 1 aliphatic carbocycles. The number of hydrogen-bond acceptors (Lipinski definition) is 4. The summed E-state index contributed by atoms with van der Waals surface area (Å²) in [6.07, 6.45) is 1.11. The van der Waals surface area contributed by atoms with Crippen LogP contribution in [-0.4, -0.2) is 9.97 Å². The van der Waals surface area contributed by atoms with Crippen LogP contribution in [-0.2, 0) is 12.8 Å². The standard InChI is InChI=1S/C12H12N4/c1-7-8(2)16-12-4-10(6-14)9(5-13)3-11(12)15-7/h9-10H,3-4H2,1-2H3/t9-,10-/m0/s1. The molecule has 0 aromatic carbocycles. The number of fused-ring (bicyclic) bond motifs is 1. The van der Waals surface area contributed by atoms with E-state index in [4.69, 9.17) is 10.5 Å². The van der Waals surface area contributed by atoms with E-state index in [9.17, 15) is 0 Å². The number of nitriles is 2. The maximum Gasteiger partial charge on any atom is 0.0681 e. The van der Waals surface area contributed by atoms with Gasteiger partial charge in [-0.25, -0.2) is 0 Å². The van der Waals surface area contributed by atoms with E-state index >= 15 is 0 Å². The molecule has 1 heterocycles. The van der Waals surface area contributed by atoms with E-state index in [1.165, 1.54) is 0 Å². The topological polar surface area (TPSA) is 73.4 Å². The van der Waals surface area contributed by atoms with Gasteiger partial charge in [0.1, 0.15) is 0 Å². The van der Waals surface area contributed by atoms with Crippen molar-refractivity contribution in [3.05, 3.63) is 22.8 Å². The van der Waals surface area contributed by atoms with E-state index in [1.807, 2.05) is 13.8 Å². The number of nitrogens with zero attached hydrogens (tertiary/aromatic N) is 4. The molecule has 0 N–H and O–H groups in total. The Kier molecular flexibility index (Phi) is 2.58. The van der Waals surface area contributed by atoms with Crippen molar-refractivity contribution in [1.29, 1.82) is 10.5 Å². The Labute approximate surface area is 94.6 Å². The molecule has 0 unspecified atom stereocenters. The lowest BCUT2D eigenvalue weighted by molar-refractivity contribution is 0.444. The molecule has 0 radical (unpaired) electrons. The molecule has 0 fully saturated rings. The van der Waals surface area contributed by atoms with Crippen LogP contribution in [0.4, 0.5) is 0 Å². The molecule has 80 valence electrons. The summed E-state index contributed by atoms with van der Waals surface area (Å²) in [7, 11) is 0. The van der Waals surface area contributed by atoms with Gasteiger partial charge in [-0.1, -0.05) is 0 Å². The molecular weight excluding hydrogens is 200 g/mol. The van der Waals surface area contributed by atoms with Gasteiger partial charge in [0.05, 0.1) is 46.7 Å². The lowest BCUT2D eigenvalue weighted by Gasteiger charge is -2.23. The van der Waals surface area contributed by atoms with Crippen molar-refractivity contribution >= 4 is 0 Å². The minimum atomic E-state index is -0.242. The SMILES string of the molecule is Cc1nc2c(nc1C)C[C@@H](C#N)[C@H](C#N)C2. The molecular formula is C12H12N4. The number of hydrogen-bond donors (Lipinski definition) is 0. The van der Waals surface area contributed by atoms with Gasteiger partial charge in [-0.3, -0.25) is 9.97 Å². The predicted octanol–water partition coefficient (Wildman–Crippen LogP) is 1.47. The molecule has 1 aliphatic rings. The lowest BCUT2D eigenvalue weighted by Crippen LogP contribution is -2.25. The smallest absolute Gasteiger partial charge is 0.0681 e. The summed E-state index contributed by atoms with van der Waals surface area (Å²) in [6.45, 7) is 3.83. The second kappa shape index (κ2) is 3.90. The van der Waals surface area contributed by atoms with Gasteiger partial charge in [0.2, 0.25) is 0 Å². The summed E-state index contributed by atoms with van der Waals surface area (Å²) < 4.78 is 0. The first-order chi connectivity index (χ1) is 7.65. The molecule has 1 aromatic heterocycles. The summed E-state index contributed by atoms with van der Waals surface area (Å²) in [5.41, 5.74) is 3.60. The normalized spacial score (nSPS) is 23.0. The van der Waals surface area contributed by atoms with E-state index in [0.29, 0.717) is 12.8 Å². The fourth-order valence-electron chi connectivity index (χ4n) is 2.00. The lowest BCUT2D eigenvalue weighted by atomic mass is 9.81. The summed E-state index contributed by atoms with van der Waals surface area (Å²) >= 11 is 0. The van der Waals surface area contributed by atoms with Crippen LogP contribution in [0.5, 0.6) is 0 Å². The monoisotopic (exact) mass is 212 g/mol. The Bertz CT molecular complexity index is 460. The van der Waals surface area contributed by atoms with E-state index in [2.05, 4.69) is 22.1 Å². The first-order valence-electron chi connectivity index (χ1n) is 5.28. The zero-order valence-corrected chi connectivity index (χ0v) is 9.36. The van der Waals surface area contributed by atoms with E-state index in [0.717, 1.165) is 22.8 Å². The van der Waals surface area contributed by atoms with Gasteiger partial charge >= 0.3 is 0 Å². The highest BCUT2D eigenvalue weighted by Crippen LogP contribution is 2.27. The van der Waals surface area contributed by atoms with Crippen LogP contribution >= 0.6 is 0 Å². The average Bonchev–Trinajstić information content (AvgIpc) is 2.29. The van der Waals surface area contributed by atoms with E-state index in [1.54, 1.807) is 0 Å². The van der Waals surface area contributed by atoms with Gasteiger partial charge in [0.15, 0.2) is 0 Å². The summed E-state index contributed by atoms with van der Waals surface area (Å²) in [6, 6.07) is 4.38. The summed E-state index contributed by atoms with van der Waals surface area (Å²) in [5.74, 6) is -0.484. The fraction of sp³-hybridized carbons (Fsp3) is 0.500. The Morgan fingerprint density at radius 1 is 0.938 bits per heavy atom. The Morgan fingerprint density at radius 2 is 1.31 bits per heavy atom. The predicted molar refractivity (Wildman–Crippen MR) is 57.1 cm³/mol. The van der Waals surface area contributed by atoms with Crippen LogP contribution in [0, 0.1) is 48.3 Å². The Balaban J connectivity index is 2.44. The molecule has 16 heavy (non-hydrogen) atoms. The van der Waals surface area contributed by atoms with Crippen LogP contribution in [0.1, 0.15) is 22.8 Å². The Hall–Kier alpha value is -1.94.